The van der Waals surface area contributed by atoms with Crippen LogP contribution in [0.5, 0.6) is 0 Å². The van der Waals surface area contributed by atoms with E-state index in [9.17, 15) is 4.79 Å². The van der Waals surface area contributed by atoms with E-state index in [0.717, 1.165) is 15.7 Å². The van der Waals surface area contributed by atoms with Gasteiger partial charge in [0.05, 0.1) is 5.69 Å². The molecule has 1 aliphatic heterocycles. The highest BCUT2D eigenvalue weighted by molar-refractivity contribution is 9.10. The molecule has 3 rings (SSSR count). The summed E-state index contributed by atoms with van der Waals surface area (Å²) in [6.45, 7) is 4.81. The van der Waals surface area contributed by atoms with Gasteiger partial charge in [-0.1, -0.05) is 36.9 Å². The number of amides is 1. The van der Waals surface area contributed by atoms with Crippen molar-refractivity contribution in [1.29, 1.82) is 0 Å². The van der Waals surface area contributed by atoms with Crippen LogP contribution in [0, 0.1) is 0 Å². The molecule has 0 bridgehead atoms. The van der Waals surface area contributed by atoms with Crippen molar-refractivity contribution in [2.24, 2.45) is 0 Å². The Kier molecular flexibility index (Phi) is 3.88. The van der Waals surface area contributed by atoms with Crippen LogP contribution in [-0.4, -0.2) is 22.3 Å². The van der Waals surface area contributed by atoms with E-state index in [2.05, 4.69) is 39.6 Å². The molecule has 0 spiro atoms. The van der Waals surface area contributed by atoms with Crippen molar-refractivity contribution < 1.29 is 4.79 Å². The number of aromatic nitrogens is 1. The van der Waals surface area contributed by atoms with E-state index in [0.29, 0.717) is 13.1 Å². The number of fused-ring (bicyclic) bond motifs is 1. The van der Waals surface area contributed by atoms with Crippen molar-refractivity contribution >= 4 is 21.8 Å². The number of hydrogen-bond donors (Lipinski definition) is 0. The summed E-state index contributed by atoms with van der Waals surface area (Å²) in [5, 5.41) is 0. The second-order valence-electron chi connectivity index (χ2n) is 5.08. The third-order valence-electron chi connectivity index (χ3n) is 3.75. The van der Waals surface area contributed by atoms with E-state index < -0.39 is 0 Å². The Morgan fingerprint density at radius 2 is 2.14 bits per heavy atom. The summed E-state index contributed by atoms with van der Waals surface area (Å²) in [4.78, 5) is 18.4. The van der Waals surface area contributed by atoms with Gasteiger partial charge in [-0.15, -0.1) is 0 Å². The molecule has 1 aliphatic rings. The molecule has 0 N–H and O–H groups in total. The highest BCUT2D eigenvalue weighted by Gasteiger charge is 2.29. The quantitative estimate of drug-likeness (QED) is 0.782. The van der Waals surface area contributed by atoms with E-state index in [-0.39, 0.29) is 11.8 Å². The molecule has 0 aliphatic carbocycles. The lowest BCUT2D eigenvalue weighted by Crippen LogP contribution is -2.38. The molecule has 0 unspecified atom stereocenters. The summed E-state index contributed by atoms with van der Waals surface area (Å²) in [5.74, 6) is 0.0634. The van der Waals surface area contributed by atoms with Gasteiger partial charge < -0.3 is 4.90 Å². The van der Waals surface area contributed by atoms with Crippen molar-refractivity contribution in [2.75, 3.05) is 6.54 Å². The Labute approximate surface area is 132 Å². The molecule has 1 aromatic carbocycles. The normalized spacial score (nSPS) is 17.2. The highest BCUT2D eigenvalue weighted by Crippen LogP contribution is 2.33. The Morgan fingerprint density at radius 3 is 2.86 bits per heavy atom. The van der Waals surface area contributed by atoms with Crippen LogP contribution >= 0.6 is 15.9 Å². The van der Waals surface area contributed by atoms with Gasteiger partial charge in [0.25, 0.3) is 0 Å². The van der Waals surface area contributed by atoms with Crippen molar-refractivity contribution in [1.82, 2.24) is 9.88 Å². The summed E-state index contributed by atoms with van der Waals surface area (Å²) in [7, 11) is 0. The summed E-state index contributed by atoms with van der Waals surface area (Å²) in [5.41, 5.74) is 3.31. The van der Waals surface area contributed by atoms with Crippen LogP contribution in [0.1, 0.15) is 22.7 Å². The van der Waals surface area contributed by atoms with Crippen LogP contribution in [0.4, 0.5) is 0 Å². The average Bonchev–Trinajstić information content (AvgIpc) is 2.53. The van der Waals surface area contributed by atoms with Crippen molar-refractivity contribution in [3.8, 4) is 0 Å². The first kappa shape index (κ1) is 14.0. The molecule has 2 heterocycles. The van der Waals surface area contributed by atoms with E-state index in [1.165, 1.54) is 11.6 Å². The maximum Gasteiger partial charge on any atom is 0.246 e. The molecule has 3 nitrogen and oxygen atoms in total. The zero-order valence-electron chi connectivity index (χ0n) is 11.5. The van der Waals surface area contributed by atoms with Crippen molar-refractivity contribution in [3.05, 3.63) is 76.5 Å². The Morgan fingerprint density at radius 1 is 1.38 bits per heavy atom. The van der Waals surface area contributed by atoms with Gasteiger partial charge in [0.15, 0.2) is 0 Å². The molecule has 106 valence electrons. The van der Waals surface area contributed by atoms with Crippen LogP contribution < -0.4 is 0 Å². The van der Waals surface area contributed by atoms with Gasteiger partial charge in [0.1, 0.15) is 0 Å². The van der Waals surface area contributed by atoms with Gasteiger partial charge in [-0.25, -0.2) is 0 Å². The predicted octanol–water partition coefficient (Wildman–Crippen LogP) is 3.50. The van der Waals surface area contributed by atoms with E-state index in [4.69, 9.17) is 0 Å². The molecule has 0 radical (unpaired) electrons. The van der Waals surface area contributed by atoms with Gasteiger partial charge in [0, 0.05) is 29.7 Å². The topological polar surface area (TPSA) is 33.2 Å². The molecule has 0 fully saturated rings. The smallest absolute Gasteiger partial charge is 0.246 e. The fourth-order valence-corrected chi connectivity index (χ4v) is 3.13. The molecule has 0 saturated heterocycles. The van der Waals surface area contributed by atoms with Gasteiger partial charge in [0.2, 0.25) is 5.91 Å². The lowest BCUT2D eigenvalue weighted by atomic mass is 9.88. The summed E-state index contributed by atoms with van der Waals surface area (Å²) >= 11 is 3.45. The van der Waals surface area contributed by atoms with Crippen LogP contribution in [0.3, 0.4) is 0 Å². The first-order valence-corrected chi connectivity index (χ1v) is 7.59. The second-order valence-corrected chi connectivity index (χ2v) is 6.00. The van der Waals surface area contributed by atoms with Gasteiger partial charge >= 0.3 is 0 Å². The standard InChI is InChI=1S/C17H15BrN2O/c1-2-16(21)20-10-13-8-14(18)9-19-17(13)15(11-20)12-6-4-3-5-7-12/h2-9,15H,1,10-11H2/t15-/m0/s1. The Bertz CT molecular complexity index is 684. The maximum atomic E-state index is 12.0. The number of carbonyl (C=O) groups excluding carboxylic acids is 1. The minimum atomic E-state index is -0.0402. The summed E-state index contributed by atoms with van der Waals surface area (Å²) in [6.07, 6.45) is 3.19. The molecule has 21 heavy (non-hydrogen) atoms. The van der Waals surface area contributed by atoms with E-state index in [1.54, 1.807) is 0 Å². The van der Waals surface area contributed by atoms with E-state index in [1.807, 2.05) is 35.4 Å². The maximum absolute atomic E-state index is 12.0. The third kappa shape index (κ3) is 2.76. The van der Waals surface area contributed by atoms with Crippen LogP contribution in [0.25, 0.3) is 0 Å². The monoisotopic (exact) mass is 342 g/mol. The molecule has 1 atom stereocenters. The summed E-state index contributed by atoms with van der Waals surface area (Å²) < 4.78 is 0.931. The largest absolute Gasteiger partial charge is 0.334 e. The number of carbonyl (C=O) groups is 1. The second kappa shape index (κ2) is 5.82. The zero-order valence-corrected chi connectivity index (χ0v) is 13.1. The van der Waals surface area contributed by atoms with Crippen LogP contribution in [0.2, 0.25) is 0 Å². The highest BCUT2D eigenvalue weighted by atomic mass is 79.9. The third-order valence-corrected chi connectivity index (χ3v) is 4.18. The molecule has 1 amide bonds. The van der Waals surface area contributed by atoms with Crippen LogP contribution in [0.15, 0.2) is 59.7 Å². The molecule has 1 aromatic heterocycles. The predicted molar refractivity (Wildman–Crippen MR) is 85.8 cm³/mol. The Hall–Kier alpha value is -1.94. The van der Waals surface area contributed by atoms with Gasteiger partial charge in [-0.05, 0) is 39.2 Å². The van der Waals surface area contributed by atoms with Gasteiger partial charge in [-0.3, -0.25) is 9.78 Å². The summed E-state index contributed by atoms with van der Waals surface area (Å²) in [6, 6.07) is 12.2. The number of hydrogen-bond acceptors (Lipinski definition) is 2. The lowest BCUT2D eigenvalue weighted by Gasteiger charge is -2.33. The number of halogens is 1. The fourth-order valence-electron chi connectivity index (χ4n) is 2.75. The minimum Gasteiger partial charge on any atom is -0.334 e. The minimum absolute atomic E-state index is 0.0402. The number of benzene rings is 1. The average molecular weight is 343 g/mol. The SMILES string of the molecule is C=CC(=O)N1Cc2cc(Br)cnc2[C@H](c2ccccc2)C1. The van der Waals surface area contributed by atoms with Crippen LogP contribution in [-0.2, 0) is 11.3 Å². The lowest BCUT2D eigenvalue weighted by molar-refractivity contribution is -0.127. The molecule has 4 heteroatoms. The number of rotatable bonds is 2. The molecular formula is C17H15BrN2O. The number of pyridine rings is 1. The van der Waals surface area contributed by atoms with Gasteiger partial charge in [-0.2, -0.15) is 0 Å². The van der Waals surface area contributed by atoms with E-state index >= 15 is 0 Å². The Balaban J connectivity index is 2.07. The molecular weight excluding hydrogens is 328 g/mol. The fraction of sp³-hybridized carbons (Fsp3) is 0.176. The first-order chi connectivity index (χ1) is 10.2. The van der Waals surface area contributed by atoms with Crippen molar-refractivity contribution in [3.63, 3.8) is 0 Å². The molecule has 0 saturated carbocycles. The first-order valence-electron chi connectivity index (χ1n) is 6.79. The number of nitrogens with zero attached hydrogens (tertiary/aromatic N) is 2. The van der Waals surface area contributed by atoms with Crippen molar-refractivity contribution in [2.45, 2.75) is 12.5 Å². The zero-order chi connectivity index (χ0) is 14.8. The molecule has 2 aromatic rings.